The maximum atomic E-state index is 4.32. The number of aromatic nitrogens is 2. The van der Waals surface area contributed by atoms with Crippen molar-refractivity contribution in [1.29, 1.82) is 0 Å². The standard InChI is InChI=1S/C14H23BrN2/c1-10-5-6-11(12(15)9-10)14(2,3)13-7-8-16-17(13)4/h7-8,10-12H,5-6,9H2,1-4H3. The van der Waals surface area contributed by atoms with E-state index < -0.39 is 0 Å². The summed E-state index contributed by atoms with van der Waals surface area (Å²) in [6, 6.07) is 2.16. The third kappa shape index (κ3) is 2.44. The predicted octanol–water partition coefficient (Wildman–Crippen LogP) is 3.90. The molecule has 0 amide bonds. The molecule has 0 bridgehead atoms. The maximum absolute atomic E-state index is 4.32. The minimum absolute atomic E-state index is 0.194. The molecule has 3 unspecified atom stereocenters. The Morgan fingerprint density at radius 2 is 2.12 bits per heavy atom. The van der Waals surface area contributed by atoms with Crippen LogP contribution in [0.1, 0.15) is 45.7 Å². The molecule has 1 fully saturated rings. The van der Waals surface area contributed by atoms with Crippen LogP contribution in [0.15, 0.2) is 12.3 Å². The summed E-state index contributed by atoms with van der Waals surface area (Å²) in [7, 11) is 2.05. The molecule has 0 aromatic carbocycles. The lowest BCUT2D eigenvalue weighted by Crippen LogP contribution is -2.39. The van der Waals surface area contributed by atoms with Crippen LogP contribution in [-0.2, 0) is 12.5 Å². The van der Waals surface area contributed by atoms with E-state index in [4.69, 9.17) is 0 Å². The van der Waals surface area contributed by atoms with E-state index in [2.05, 4.69) is 47.9 Å². The second-order valence-electron chi connectivity index (χ2n) is 6.10. The summed E-state index contributed by atoms with van der Waals surface area (Å²) in [5.74, 6) is 1.56. The summed E-state index contributed by atoms with van der Waals surface area (Å²) >= 11 is 3.91. The Bertz CT molecular complexity index is 383. The lowest BCUT2D eigenvalue weighted by Gasteiger charge is -2.42. The molecule has 3 atom stereocenters. The van der Waals surface area contributed by atoms with Crippen molar-refractivity contribution >= 4 is 15.9 Å². The molecule has 1 aliphatic rings. The molecule has 96 valence electrons. The quantitative estimate of drug-likeness (QED) is 0.757. The lowest BCUT2D eigenvalue weighted by molar-refractivity contribution is 0.206. The third-order valence-electron chi connectivity index (χ3n) is 4.44. The number of halogens is 1. The number of hydrogen-bond donors (Lipinski definition) is 0. The van der Waals surface area contributed by atoms with Crippen molar-refractivity contribution in [1.82, 2.24) is 9.78 Å². The van der Waals surface area contributed by atoms with Crippen molar-refractivity contribution in [3.63, 3.8) is 0 Å². The van der Waals surface area contributed by atoms with Gasteiger partial charge >= 0.3 is 0 Å². The van der Waals surface area contributed by atoms with Gasteiger partial charge < -0.3 is 0 Å². The van der Waals surface area contributed by atoms with Crippen LogP contribution in [0, 0.1) is 11.8 Å². The number of alkyl halides is 1. The zero-order valence-electron chi connectivity index (χ0n) is 11.3. The van der Waals surface area contributed by atoms with E-state index in [1.807, 2.05) is 17.9 Å². The molecule has 1 saturated carbocycles. The van der Waals surface area contributed by atoms with Crippen molar-refractivity contribution in [2.45, 2.75) is 50.3 Å². The molecule has 2 nitrogen and oxygen atoms in total. The lowest BCUT2D eigenvalue weighted by atomic mass is 9.67. The Morgan fingerprint density at radius 1 is 1.41 bits per heavy atom. The van der Waals surface area contributed by atoms with Crippen LogP contribution in [0.25, 0.3) is 0 Å². The molecule has 2 rings (SSSR count). The number of nitrogens with zero attached hydrogens (tertiary/aromatic N) is 2. The Morgan fingerprint density at radius 3 is 2.65 bits per heavy atom. The van der Waals surface area contributed by atoms with Gasteiger partial charge in [0.15, 0.2) is 0 Å². The Kier molecular flexibility index (Phi) is 3.67. The van der Waals surface area contributed by atoms with Crippen LogP contribution in [0.3, 0.4) is 0 Å². The van der Waals surface area contributed by atoms with Crippen LogP contribution >= 0.6 is 15.9 Å². The van der Waals surface area contributed by atoms with Crippen LogP contribution < -0.4 is 0 Å². The van der Waals surface area contributed by atoms with Crippen molar-refractivity contribution in [2.24, 2.45) is 18.9 Å². The van der Waals surface area contributed by atoms with Crippen molar-refractivity contribution in [3.8, 4) is 0 Å². The highest BCUT2D eigenvalue weighted by molar-refractivity contribution is 9.09. The van der Waals surface area contributed by atoms with Gasteiger partial charge in [0.25, 0.3) is 0 Å². The van der Waals surface area contributed by atoms with Crippen LogP contribution in [0.2, 0.25) is 0 Å². The second-order valence-corrected chi connectivity index (χ2v) is 7.28. The molecule has 1 aromatic heterocycles. The molecular weight excluding hydrogens is 276 g/mol. The van der Waals surface area contributed by atoms with Gasteiger partial charge in [-0.05, 0) is 30.7 Å². The average molecular weight is 299 g/mol. The summed E-state index contributed by atoms with van der Waals surface area (Å²) < 4.78 is 2.03. The predicted molar refractivity (Wildman–Crippen MR) is 75.5 cm³/mol. The second kappa shape index (κ2) is 4.75. The van der Waals surface area contributed by atoms with E-state index in [0.717, 1.165) is 5.92 Å². The van der Waals surface area contributed by atoms with E-state index in [0.29, 0.717) is 10.7 Å². The SMILES string of the molecule is CC1CCC(C(C)(C)c2ccnn2C)C(Br)C1. The molecule has 3 heteroatoms. The minimum Gasteiger partial charge on any atom is -0.272 e. The van der Waals surface area contributed by atoms with Crippen molar-refractivity contribution in [3.05, 3.63) is 18.0 Å². The highest BCUT2D eigenvalue weighted by atomic mass is 79.9. The molecule has 0 aliphatic heterocycles. The smallest absolute Gasteiger partial charge is 0.0492 e. The van der Waals surface area contributed by atoms with Gasteiger partial charge in [-0.3, -0.25) is 4.68 Å². The van der Waals surface area contributed by atoms with Crippen molar-refractivity contribution < 1.29 is 0 Å². The van der Waals surface area contributed by atoms with Crippen LogP contribution in [-0.4, -0.2) is 14.6 Å². The molecule has 0 N–H and O–H groups in total. The Labute approximate surface area is 113 Å². The van der Waals surface area contributed by atoms with Crippen LogP contribution in [0.4, 0.5) is 0 Å². The molecule has 0 saturated heterocycles. The van der Waals surface area contributed by atoms with Gasteiger partial charge in [-0.25, -0.2) is 0 Å². The summed E-state index contributed by atoms with van der Waals surface area (Å²) in [5, 5.41) is 4.32. The van der Waals surface area contributed by atoms with Gasteiger partial charge in [-0.2, -0.15) is 5.10 Å². The number of hydrogen-bond acceptors (Lipinski definition) is 1. The van der Waals surface area contributed by atoms with Crippen LogP contribution in [0.5, 0.6) is 0 Å². The average Bonchev–Trinajstić information content (AvgIpc) is 2.64. The number of aryl methyl sites for hydroxylation is 1. The van der Waals surface area contributed by atoms with Gasteiger partial charge in [0.2, 0.25) is 0 Å². The largest absolute Gasteiger partial charge is 0.272 e. The first-order valence-corrected chi connectivity index (χ1v) is 7.47. The first kappa shape index (κ1) is 13.1. The normalized spacial score (nSPS) is 30.5. The zero-order chi connectivity index (χ0) is 12.6. The molecule has 1 heterocycles. The van der Waals surface area contributed by atoms with Gasteiger partial charge in [0.05, 0.1) is 0 Å². The van der Waals surface area contributed by atoms with E-state index in [-0.39, 0.29) is 5.41 Å². The first-order valence-electron chi connectivity index (χ1n) is 6.55. The fourth-order valence-electron chi connectivity index (χ4n) is 3.32. The fraction of sp³-hybridized carbons (Fsp3) is 0.786. The summed E-state index contributed by atoms with van der Waals surface area (Å²) in [6.07, 6.45) is 5.88. The topological polar surface area (TPSA) is 17.8 Å². The molecule has 0 radical (unpaired) electrons. The third-order valence-corrected chi connectivity index (χ3v) is 5.45. The zero-order valence-corrected chi connectivity index (χ0v) is 12.9. The van der Waals surface area contributed by atoms with Gasteiger partial charge in [0, 0.05) is 29.2 Å². The maximum Gasteiger partial charge on any atom is 0.0492 e. The van der Waals surface area contributed by atoms with Gasteiger partial charge in [-0.15, -0.1) is 0 Å². The summed E-state index contributed by atoms with van der Waals surface area (Å²) in [5.41, 5.74) is 1.54. The molecule has 17 heavy (non-hydrogen) atoms. The number of rotatable bonds is 2. The summed E-state index contributed by atoms with van der Waals surface area (Å²) in [6.45, 7) is 7.08. The monoisotopic (exact) mass is 298 g/mol. The van der Waals surface area contributed by atoms with E-state index in [9.17, 15) is 0 Å². The van der Waals surface area contributed by atoms with Gasteiger partial charge in [-0.1, -0.05) is 43.1 Å². The Hall–Kier alpha value is -0.310. The first-order chi connectivity index (χ1) is 7.93. The van der Waals surface area contributed by atoms with E-state index in [1.165, 1.54) is 25.0 Å². The van der Waals surface area contributed by atoms with Crippen molar-refractivity contribution in [2.75, 3.05) is 0 Å². The fourth-order valence-corrected chi connectivity index (χ4v) is 4.88. The molecular formula is C14H23BrN2. The molecule has 1 aromatic rings. The van der Waals surface area contributed by atoms with E-state index >= 15 is 0 Å². The minimum atomic E-state index is 0.194. The van der Waals surface area contributed by atoms with E-state index in [1.54, 1.807) is 0 Å². The van der Waals surface area contributed by atoms with Gasteiger partial charge in [0.1, 0.15) is 0 Å². The highest BCUT2D eigenvalue weighted by Gasteiger charge is 2.40. The molecule has 1 aliphatic carbocycles. The highest BCUT2D eigenvalue weighted by Crippen LogP contribution is 2.44. The Balaban J connectivity index is 2.24. The summed E-state index contributed by atoms with van der Waals surface area (Å²) in [4.78, 5) is 0.635. The molecule has 0 spiro atoms.